The monoisotopic (exact) mass is 331 g/mol. The fourth-order valence-electron chi connectivity index (χ4n) is 6.57. The molecule has 0 radical (unpaired) electrons. The molecule has 6 nitrogen and oxygen atoms in total. The van der Waals surface area contributed by atoms with Crippen molar-refractivity contribution in [2.75, 3.05) is 13.1 Å². The van der Waals surface area contributed by atoms with Crippen LogP contribution in [0.5, 0.6) is 0 Å². The maximum absolute atomic E-state index is 12.6. The highest BCUT2D eigenvalue weighted by Gasteiger charge is 2.52. The maximum Gasteiger partial charge on any atom is 0.327 e. The SMILES string of the molecule is O=C(CN1C(=O)[C@H]2CCCN2C1=O)NC12CC3CC(CC(C3)C1)C2. The lowest BCUT2D eigenvalue weighted by Crippen LogP contribution is -2.61. The molecule has 6 aliphatic rings. The zero-order valence-corrected chi connectivity index (χ0v) is 14.0. The van der Waals surface area contributed by atoms with Crippen molar-refractivity contribution >= 4 is 17.8 Å². The molecule has 2 saturated heterocycles. The van der Waals surface area contributed by atoms with Crippen molar-refractivity contribution in [3.05, 3.63) is 0 Å². The summed E-state index contributed by atoms with van der Waals surface area (Å²) in [4.78, 5) is 40.1. The first-order valence-electron chi connectivity index (χ1n) is 9.46. The van der Waals surface area contributed by atoms with E-state index in [4.69, 9.17) is 0 Å². The Morgan fingerprint density at radius 2 is 1.71 bits per heavy atom. The first-order chi connectivity index (χ1) is 11.5. The number of hydrogen-bond donors (Lipinski definition) is 1. The molecule has 0 aromatic carbocycles. The van der Waals surface area contributed by atoms with Crippen LogP contribution >= 0.6 is 0 Å². The van der Waals surface area contributed by atoms with Crippen LogP contribution in [0.25, 0.3) is 0 Å². The van der Waals surface area contributed by atoms with Crippen molar-refractivity contribution in [1.29, 1.82) is 0 Å². The molecule has 4 amide bonds. The Balaban J connectivity index is 1.27. The molecule has 2 aliphatic heterocycles. The van der Waals surface area contributed by atoms with Gasteiger partial charge >= 0.3 is 6.03 Å². The third-order valence-corrected chi connectivity index (χ3v) is 7.03. The molecule has 0 aromatic heterocycles. The standard InChI is InChI=1S/C18H25N3O3/c22-15(10-21-16(23)14-2-1-3-20(14)17(21)24)19-18-7-11-4-12(8-18)6-13(5-11)9-18/h11-14H,1-10H2,(H,19,22)/t11?,12?,13?,14-,18?/m1/s1. The summed E-state index contributed by atoms with van der Waals surface area (Å²) in [6.45, 7) is 0.536. The zero-order valence-electron chi connectivity index (χ0n) is 14.0. The second-order valence-electron chi connectivity index (χ2n) is 8.80. The Morgan fingerprint density at radius 3 is 2.29 bits per heavy atom. The van der Waals surface area contributed by atoms with Gasteiger partial charge in [-0.05, 0) is 69.1 Å². The smallest absolute Gasteiger partial charge is 0.327 e. The number of urea groups is 1. The third-order valence-electron chi connectivity index (χ3n) is 7.03. The molecule has 6 fully saturated rings. The number of fused-ring (bicyclic) bond motifs is 1. The van der Waals surface area contributed by atoms with E-state index in [-0.39, 0.29) is 36.0 Å². The van der Waals surface area contributed by atoms with Gasteiger partial charge in [-0.1, -0.05) is 0 Å². The number of imide groups is 1. The molecular formula is C18H25N3O3. The van der Waals surface area contributed by atoms with Crippen molar-refractivity contribution in [2.45, 2.75) is 62.9 Å². The summed E-state index contributed by atoms with van der Waals surface area (Å²) in [5.41, 5.74) is -0.0617. The van der Waals surface area contributed by atoms with Crippen LogP contribution in [0.15, 0.2) is 0 Å². The normalized spacial score (nSPS) is 42.8. The summed E-state index contributed by atoms with van der Waals surface area (Å²) >= 11 is 0. The summed E-state index contributed by atoms with van der Waals surface area (Å²) < 4.78 is 0. The molecule has 0 spiro atoms. The van der Waals surface area contributed by atoms with Crippen LogP contribution < -0.4 is 5.32 Å². The van der Waals surface area contributed by atoms with Gasteiger partial charge in [-0.15, -0.1) is 0 Å². The lowest BCUT2D eigenvalue weighted by molar-refractivity contribution is -0.134. The molecule has 2 heterocycles. The van der Waals surface area contributed by atoms with Crippen LogP contribution in [0.1, 0.15) is 51.4 Å². The number of carbonyl (C=O) groups is 3. The van der Waals surface area contributed by atoms with Gasteiger partial charge in [0.05, 0.1) is 0 Å². The van der Waals surface area contributed by atoms with Gasteiger partial charge in [0.15, 0.2) is 0 Å². The van der Waals surface area contributed by atoms with E-state index < -0.39 is 0 Å². The van der Waals surface area contributed by atoms with Gasteiger partial charge in [0.2, 0.25) is 5.91 Å². The summed E-state index contributed by atoms with van der Waals surface area (Å²) in [5.74, 6) is 1.95. The molecule has 4 saturated carbocycles. The van der Waals surface area contributed by atoms with Crippen LogP contribution in [0.4, 0.5) is 4.79 Å². The van der Waals surface area contributed by atoms with Crippen LogP contribution in [-0.4, -0.2) is 52.3 Å². The van der Waals surface area contributed by atoms with Gasteiger partial charge in [0, 0.05) is 12.1 Å². The van der Waals surface area contributed by atoms with Gasteiger partial charge in [-0.3, -0.25) is 14.5 Å². The van der Waals surface area contributed by atoms with E-state index in [1.807, 2.05) is 0 Å². The second-order valence-corrected chi connectivity index (χ2v) is 8.80. The van der Waals surface area contributed by atoms with Crippen LogP contribution in [0, 0.1) is 17.8 Å². The molecule has 4 bridgehead atoms. The highest BCUT2D eigenvalue weighted by molar-refractivity contribution is 6.06. The van der Waals surface area contributed by atoms with Gasteiger partial charge < -0.3 is 10.2 Å². The number of amides is 4. The van der Waals surface area contributed by atoms with E-state index in [0.29, 0.717) is 6.54 Å². The lowest BCUT2D eigenvalue weighted by Gasteiger charge is -2.56. The number of rotatable bonds is 3. The largest absolute Gasteiger partial charge is 0.349 e. The van der Waals surface area contributed by atoms with Crippen molar-refractivity contribution in [1.82, 2.24) is 15.1 Å². The molecule has 0 unspecified atom stereocenters. The van der Waals surface area contributed by atoms with Crippen LogP contribution in [0.2, 0.25) is 0 Å². The Hall–Kier alpha value is -1.59. The fraction of sp³-hybridized carbons (Fsp3) is 0.833. The number of hydrogen-bond acceptors (Lipinski definition) is 3. The number of nitrogens with zero attached hydrogens (tertiary/aromatic N) is 2. The molecule has 6 rings (SSSR count). The molecular weight excluding hydrogens is 306 g/mol. The first kappa shape index (κ1) is 14.7. The lowest BCUT2D eigenvalue weighted by atomic mass is 9.53. The summed E-state index contributed by atoms with van der Waals surface area (Å²) in [6.07, 6.45) is 8.86. The van der Waals surface area contributed by atoms with Gasteiger partial charge in [-0.25, -0.2) is 4.79 Å². The molecule has 1 atom stereocenters. The van der Waals surface area contributed by atoms with Crippen LogP contribution in [0.3, 0.4) is 0 Å². The molecule has 4 aliphatic carbocycles. The van der Waals surface area contributed by atoms with E-state index in [2.05, 4.69) is 5.32 Å². The summed E-state index contributed by atoms with van der Waals surface area (Å²) in [6, 6.07) is -0.590. The van der Waals surface area contributed by atoms with Crippen molar-refractivity contribution in [2.24, 2.45) is 17.8 Å². The topological polar surface area (TPSA) is 69.7 Å². The van der Waals surface area contributed by atoms with E-state index in [1.54, 1.807) is 4.90 Å². The van der Waals surface area contributed by atoms with E-state index in [1.165, 1.54) is 24.2 Å². The average molecular weight is 331 g/mol. The first-order valence-corrected chi connectivity index (χ1v) is 9.46. The molecule has 6 heteroatoms. The maximum atomic E-state index is 12.6. The Labute approximate surface area is 141 Å². The number of nitrogens with one attached hydrogen (secondary N) is 1. The summed E-state index contributed by atoms with van der Waals surface area (Å²) in [5, 5.41) is 3.25. The predicted molar refractivity (Wildman–Crippen MR) is 85.9 cm³/mol. The summed E-state index contributed by atoms with van der Waals surface area (Å²) in [7, 11) is 0. The highest BCUT2D eigenvalue weighted by Crippen LogP contribution is 2.55. The van der Waals surface area contributed by atoms with E-state index >= 15 is 0 Å². The highest BCUT2D eigenvalue weighted by atomic mass is 16.2. The Kier molecular flexibility index (Phi) is 3.04. The minimum absolute atomic E-state index is 0.0617. The van der Waals surface area contributed by atoms with Gasteiger partial charge in [0.25, 0.3) is 5.91 Å². The van der Waals surface area contributed by atoms with Crippen LogP contribution in [-0.2, 0) is 9.59 Å². The minimum Gasteiger partial charge on any atom is -0.349 e. The van der Waals surface area contributed by atoms with Gasteiger partial charge in [-0.2, -0.15) is 0 Å². The Bertz CT molecular complexity index is 559. The average Bonchev–Trinajstić information content (AvgIpc) is 3.05. The minimum atomic E-state index is -0.315. The Morgan fingerprint density at radius 1 is 1.08 bits per heavy atom. The van der Waals surface area contributed by atoms with Crippen molar-refractivity contribution in [3.63, 3.8) is 0 Å². The molecule has 130 valence electrons. The fourth-order valence-corrected chi connectivity index (χ4v) is 6.57. The quantitative estimate of drug-likeness (QED) is 0.797. The van der Waals surface area contributed by atoms with Gasteiger partial charge in [0.1, 0.15) is 12.6 Å². The predicted octanol–water partition coefficient (Wildman–Crippen LogP) is 1.50. The number of carbonyl (C=O) groups excluding carboxylic acids is 3. The molecule has 24 heavy (non-hydrogen) atoms. The van der Waals surface area contributed by atoms with Crippen molar-refractivity contribution < 1.29 is 14.4 Å². The second kappa shape index (κ2) is 4.96. The molecule has 0 aromatic rings. The van der Waals surface area contributed by atoms with E-state index in [0.717, 1.165) is 49.9 Å². The zero-order chi connectivity index (χ0) is 16.5. The molecule has 1 N–H and O–H groups in total. The third kappa shape index (κ3) is 2.11. The van der Waals surface area contributed by atoms with Crippen molar-refractivity contribution in [3.8, 4) is 0 Å². The van der Waals surface area contributed by atoms with E-state index in [9.17, 15) is 14.4 Å².